The van der Waals surface area contributed by atoms with Crippen molar-refractivity contribution >= 4 is 52.1 Å². The van der Waals surface area contributed by atoms with Crippen molar-refractivity contribution in [2.75, 3.05) is 14.2 Å². The molecule has 2 saturated heterocycles. The van der Waals surface area contributed by atoms with Gasteiger partial charge in [0.05, 0.1) is 49.5 Å². The quantitative estimate of drug-likeness (QED) is 0.0228. The van der Waals surface area contributed by atoms with E-state index < -0.39 is 118 Å². The summed E-state index contributed by atoms with van der Waals surface area (Å²) in [4.78, 5) is 77.0. The van der Waals surface area contributed by atoms with Gasteiger partial charge in [-0.05, 0) is 139 Å². The van der Waals surface area contributed by atoms with Crippen LogP contribution in [0, 0.1) is 29.6 Å². The Bertz CT molecular complexity index is 2740. The Balaban J connectivity index is 0.000000951. The fraction of sp³-hybridized carbons (Fsp3) is 0.763. The molecule has 4 aliphatic heterocycles. The van der Waals surface area contributed by atoms with E-state index in [1.807, 2.05) is 65.8 Å². The van der Waals surface area contributed by atoms with E-state index in [1.165, 1.54) is 32.9 Å². The molecule has 0 aliphatic carbocycles. The average Bonchev–Trinajstić information content (AvgIpc) is 1.68. The van der Waals surface area contributed by atoms with E-state index >= 15 is 4.39 Å². The Hall–Kier alpha value is -4.30. The Labute approximate surface area is 586 Å². The predicted molar refractivity (Wildman–Crippen MR) is 386 cm³/mol. The van der Waals surface area contributed by atoms with E-state index in [1.54, 1.807) is 59.3 Å². The number of cyclic esters (lactones) is 2. The summed E-state index contributed by atoms with van der Waals surface area (Å²) >= 11 is 0. The van der Waals surface area contributed by atoms with Crippen molar-refractivity contribution in [1.82, 2.24) is 0 Å². The average molecular weight is 1410 g/mol. The number of epoxide rings is 2. The third-order valence-electron chi connectivity index (χ3n) is 20.3. The molecule has 21 heteroatoms. The van der Waals surface area contributed by atoms with E-state index in [2.05, 4.69) is 81.6 Å². The second-order valence-electron chi connectivity index (χ2n) is 30.9. The summed E-state index contributed by atoms with van der Waals surface area (Å²) in [7, 11) is -1.28. The third-order valence-corrected chi connectivity index (χ3v) is 29.4. The third kappa shape index (κ3) is 27.2. The number of rotatable bonds is 24. The number of esters is 4. The van der Waals surface area contributed by atoms with Gasteiger partial charge in [-0.15, -0.1) is 0 Å². The summed E-state index contributed by atoms with van der Waals surface area (Å²) in [6.45, 7) is 45.5. The number of aliphatic hydroxyl groups is 2. The minimum atomic E-state index is -2.31. The van der Waals surface area contributed by atoms with Crippen molar-refractivity contribution in [2.24, 2.45) is 29.6 Å². The summed E-state index contributed by atoms with van der Waals surface area (Å²) in [5.41, 5.74) is -3.70. The molecule has 0 aromatic heterocycles. The molecule has 0 bridgehead atoms. The fourth-order valence-electron chi connectivity index (χ4n) is 11.7. The van der Waals surface area contributed by atoms with Crippen molar-refractivity contribution in [2.45, 2.75) is 331 Å². The maximum absolute atomic E-state index is 15.6. The number of hydrogen-bond acceptors (Lipinski definition) is 18. The minimum Gasteiger partial charge on any atom is -0.457 e. The molecule has 4 heterocycles. The first-order chi connectivity index (χ1) is 43.6. The zero-order valence-corrected chi connectivity index (χ0v) is 64.5. The van der Waals surface area contributed by atoms with Gasteiger partial charge in [0, 0.05) is 57.7 Å². The summed E-state index contributed by atoms with van der Waals surface area (Å²) < 4.78 is 74.5. The number of methoxy groups -OCH3 is 2. The van der Waals surface area contributed by atoms with Gasteiger partial charge < -0.3 is 57.0 Å². The van der Waals surface area contributed by atoms with E-state index in [9.17, 15) is 39.0 Å². The van der Waals surface area contributed by atoms with Crippen molar-refractivity contribution in [3.05, 3.63) is 71.9 Å². The van der Waals surface area contributed by atoms with Gasteiger partial charge >= 0.3 is 23.9 Å². The van der Waals surface area contributed by atoms with Gasteiger partial charge in [-0.1, -0.05) is 147 Å². The molecular formula is C76H131FO18Si2. The lowest BCUT2D eigenvalue weighted by Gasteiger charge is -2.40. The predicted octanol–water partition coefficient (Wildman–Crippen LogP) is 15.1. The van der Waals surface area contributed by atoms with Crippen LogP contribution in [-0.2, 0) is 75.5 Å². The van der Waals surface area contributed by atoms with Crippen LogP contribution >= 0.6 is 0 Å². The molecular weight excluding hydrogens is 1280 g/mol. The number of Topliss-reactive ketones (excluding diaryl/α,β-unsaturated/α-hetero) is 2. The van der Waals surface area contributed by atoms with Gasteiger partial charge in [-0.3, -0.25) is 28.8 Å². The number of ether oxygens (including phenoxy) is 8. The molecule has 20 atom stereocenters. The Kier molecular flexibility index (Phi) is 35.6. The zero-order chi connectivity index (χ0) is 72.7. The van der Waals surface area contributed by atoms with Gasteiger partial charge in [0.15, 0.2) is 28.1 Å². The minimum absolute atomic E-state index is 0. The van der Waals surface area contributed by atoms with Gasteiger partial charge in [0.1, 0.15) is 47.8 Å². The van der Waals surface area contributed by atoms with Crippen molar-refractivity contribution in [3.8, 4) is 0 Å². The molecule has 0 aromatic carbocycles. The normalized spacial score (nSPS) is 31.8. The van der Waals surface area contributed by atoms with Crippen LogP contribution in [0.4, 0.5) is 4.39 Å². The number of allylic oxidation sites excluding steroid dienone is 6. The number of carbonyl (C=O) groups excluding carboxylic acids is 6. The summed E-state index contributed by atoms with van der Waals surface area (Å²) in [5, 5.41) is 22.7. The summed E-state index contributed by atoms with van der Waals surface area (Å²) in [5.74, 6) is -3.53. The molecule has 2 N–H and O–H groups in total. The Morgan fingerprint density at radius 1 is 0.629 bits per heavy atom. The zero-order valence-electron chi connectivity index (χ0n) is 62.5. The van der Waals surface area contributed by atoms with Crippen LogP contribution in [0.2, 0.25) is 36.3 Å². The standard InChI is InChI=1S/C37H61FO9Si.C37H62O9Si.2CH4/c1-14-28(43-11)25(4)32-33(46-32)34(41)36(9,38)20-15-16-23(2)31-24(3)17-18-29(44-26(5)39)37(10,42)21-19-27(22-30(40)45-31)47-48(12,13)35(6,7)8;1-14-29(42-11)26(5)34-35(45-34)32(40)23(2)16-15-17-24(3)33-25(4)18-19-30(43-27(6)38)37(10,41)21-20-28(22-31(39)44-33)46-47(12,13)36(7,8)9;;/h15-18,20,24-25,27-29,31-33,42H,14,19,21-22H2,1-13H3;15-19,23,25-26,28-30,33-35,41H,14,20-22H2,1-13H3;2*1H4/b18-17+,20-15+,23-16+;16-15+,19-18+,24-17+;;/t24-,25+,27+,28-,29-,31?,32+,33-,36?,37+;23?,25-,26+,28+,29-,30-,33?,34+,35+,37+;;/m00../s1. The number of halogens is 1. The smallest absolute Gasteiger partial charge is 0.308 e. The lowest BCUT2D eigenvalue weighted by atomic mass is 9.88. The number of carbonyl (C=O) groups is 6. The lowest BCUT2D eigenvalue weighted by Crippen LogP contribution is -2.46. The largest absolute Gasteiger partial charge is 0.457 e. The van der Waals surface area contributed by atoms with Gasteiger partial charge in [-0.25, -0.2) is 4.39 Å². The van der Waals surface area contributed by atoms with Crippen LogP contribution in [0.15, 0.2) is 71.9 Å². The lowest BCUT2D eigenvalue weighted by molar-refractivity contribution is -0.158. The highest BCUT2D eigenvalue weighted by Gasteiger charge is 2.55. The summed E-state index contributed by atoms with van der Waals surface area (Å²) in [6, 6.07) is 0. The van der Waals surface area contributed by atoms with E-state index in [4.69, 9.17) is 46.7 Å². The Morgan fingerprint density at radius 2 is 0.990 bits per heavy atom. The van der Waals surface area contributed by atoms with Crippen LogP contribution in [0.1, 0.15) is 205 Å². The monoisotopic (exact) mass is 1410 g/mol. The molecule has 4 rings (SSSR count). The molecule has 0 radical (unpaired) electrons. The number of ketones is 2. The van der Waals surface area contributed by atoms with Crippen LogP contribution < -0.4 is 0 Å². The first-order valence-corrected chi connectivity index (χ1v) is 40.2. The molecule has 0 spiro atoms. The second-order valence-corrected chi connectivity index (χ2v) is 40.4. The summed E-state index contributed by atoms with van der Waals surface area (Å²) in [6.07, 6.45) is 13.3. The molecule has 4 unspecified atom stereocenters. The fourth-order valence-corrected chi connectivity index (χ4v) is 14.5. The van der Waals surface area contributed by atoms with Crippen LogP contribution in [0.3, 0.4) is 0 Å². The van der Waals surface area contributed by atoms with Crippen molar-refractivity contribution in [3.63, 3.8) is 0 Å². The second kappa shape index (κ2) is 38.1. The molecule has 18 nitrogen and oxygen atoms in total. The molecule has 0 saturated carbocycles. The van der Waals surface area contributed by atoms with Crippen molar-refractivity contribution in [1.29, 1.82) is 0 Å². The molecule has 0 amide bonds. The number of alkyl halides is 1. The maximum atomic E-state index is 15.6. The van der Waals surface area contributed by atoms with Gasteiger partial charge in [0.25, 0.3) is 0 Å². The van der Waals surface area contributed by atoms with Crippen LogP contribution in [0.25, 0.3) is 0 Å². The van der Waals surface area contributed by atoms with E-state index in [0.717, 1.165) is 18.4 Å². The number of hydrogen-bond donors (Lipinski definition) is 2. The van der Waals surface area contributed by atoms with E-state index in [-0.39, 0.29) is 104 Å². The topological polar surface area (TPSA) is 242 Å². The molecule has 2 fully saturated rings. The maximum Gasteiger partial charge on any atom is 0.308 e. The molecule has 97 heavy (non-hydrogen) atoms. The molecule has 4 aliphatic rings. The SMILES string of the molecule is C.C.CC[C@H](OC)[C@@H](C)[C@H]1O[C@@H]1C(=O)C(C)(F)/C=C/C=C(\C)C1OC(=O)C[C@H](O[Si](C)(C)C(C)(C)C)CC[C@@](C)(O)[C@@H](OC(C)=O)/C=C/[C@@H]1C.CC[C@H](OC)[C@@H](C)[C@H]1O[C@@H]1C(=O)C(C)/C=C/C=C(\C)C1OC(=O)C[C@H](O[Si](C)(C)C(C)(C)C)CC[C@@](C)(O)[C@@H](OC(C)=O)/C=C/[C@@H]1C. The first-order valence-electron chi connectivity index (χ1n) is 34.4. The highest BCUT2D eigenvalue weighted by atomic mass is 28.4. The molecule has 558 valence electrons. The van der Waals surface area contributed by atoms with Crippen LogP contribution in [0.5, 0.6) is 0 Å². The molecule has 0 aromatic rings. The van der Waals surface area contributed by atoms with Crippen molar-refractivity contribution < 1.29 is 90.1 Å². The van der Waals surface area contributed by atoms with E-state index in [0.29, 0.717) is 18.4 Å². The van der Waals surface area contributed by atoms with Gasteiger partial charge in [-0.2, -0.15) is 0 Å². The first kappa shape index (κ1) is 90.7. The van der Waals surface area contributed by atoms with Gasteiger partial charge in [0.2, 0.25) is 5.78 Å². The Morgan fingerprint density at radius 3 is 1.34 bits per heavy atom. The highest BCUT2D eigenvalue weighted by molar-refractivity contribution is 6.74. The van der Waals surface area contributed by atoms with Crippen LogP contribution in [-0.4, -0.2) is 167 Å². The highest BCUT2D eigenvalue weighted by Crippen LogP contribution is 2.42.